The number of aromatic nitrogens is 2. The van der Waals surface area contributed by atoms with Gasteiger partial charge in [0.05, 0.1) is 5.75 Å². The summed E-state index contributed by atoms with van der Waals surface area (Å²) in [6.07, 6.45) is 4.07. The van der Waals surface area contributed by atoms with E-state index in [0.717, 1.165) is 29.6 Å². The number of nitrogens with zero attached hydrogens (tertiary/aromatic N) is 3. The van der Waals surface area contributed by atoms with Gasteiger partial charge >= 0.3 is 0 Å². The first-order chi connectivity index (χ1) is 11.7. The zero-order valence-electron chi connectivity index (χ0n) is 13.8. The highest BCUT2D eigenvalue weighted by molar-refractivity contribution is 7.99. The quantitative estimate of drug-likeness (QED) is 0.666. The fraction of sp³-hybridized carbons (Fsp3) is 0.389. The number of hydrogen-bond donors (Lipinski definition) is 1. The van der Waals surface area contributed by atoms with Gasteiger partial charge in [0, 0.05) is 24.8 Å². The summed E-state index contributed by atoms with van der Waals surface area (Å²) in [5.41, 5.74) is 0.814. The van der Waals surface area contributed by atoms with Gasteiger partial charge in [-0.15, -0.1) is 0 Å². The predicted octanol–water partition coefficient (Wildman–Crippen LogP) is 3.44. The van der Waals surface area contributed by atoms with Crippen LogP contribution in [0.15, 0.2) is 47.8 Å². The molecule has 1 fully saturated rings. The molecule has 5 nitrogen and oxygen atoms in total. The Balaban J connectivity index is 1.55. The van der Waals surface area contributed by atoms with Crippen molar-refractivity contribution in [3.05, 3.63) is 42.7 Å². The molecular weight excluding hydrogens is 320 g/mol. The van der Waals surface area contributed by atoms with Crippen LogP contribution in [0, 0.1) is 5.92 Å². The lowest BCUT2D eigenvalue weighted by Gasteiger charge is -2.31. The largest absolute Gasteiger partial charge is 0.356 e. The SMILES string of the molecule is C[C@H]1CCCN(c2cc(SCC(=O)Nc3ccccc3)ncn2)C1. The number of benzene rings is 1. The second kappa shape index (κ2) is 8.15. The molecule has 1 saturated heterocycles. The number of rotatable bonds is 5. The number of carbonyl (C=O) groups is 1. The van der Waals surface area contributed by atoms with E-state index >= 15 is 0 Å². The first-order valence-corrected chi connectivity index (χ1v) is 9.24. The van der Waals surface area contributed by atoms with Crippen molar-refractivity contribution in [1.29, 1.82) is 0 Å². The third-order valence-electron chi connectivity index (χ3n) is 4.02. The molecule has 2 aromatic rings. The number of anilines is 2. The Hall–Kier alpha value is -2.08. The highest BCUT2D eigenvalue weighted by Gasteiger charge is 2.18. The van der Waals surface area contributed by atoms with Crippen molar-refractivity contribution in [2.45, 2.75) is 24.8 Å². The van der Waals surface area contributed by atoms with Crippen LogP contribution in [0.4, 0.5) is 11.5 Å². The monoisotopic (exact) mass is 342 g/mol. The smallest absolute Gasteiger partial charge is 0.234 e. The average Bonchev–Trinajstić information content (AvgIpc) is 2.61. The van der Waals surface area contributed by atoms with Gasteiger partial charge in [0.1, 0.15) is 17.2 Å². The average molecular weight is 342 g/mol. The summed E-state index contributed by atoms with van der Waals surface area (Å²) in [5, 5.41) is 3.72. The molecule has 1 aromatic carbocycles. The van der Waals surface area contributed by atoms with Crippen LogP contribution in [0.5, 0.6) is 0 Å². The van der Waals surface area contributed by atoms with E-state index in [1.807, 2.05) is 36.4 Å². The maximum atomic E-state index is 12.0. The number of thioether (sulfide) groups is 1. The lowest BCUT2D eigenvalue weighted by Crippen LogP contribution is -2.34. The van der Waals surface area contributed by atoms with E-state index in [0.29, 0.717) is 11.7 Å². The first kappa shape index (κ1) is 16.8. The van der Waals surface area contributed by atoms with E-state index in [-0.39, 0.29) is 5.91 Å². The van der Waals surface area contributed by atoms with Crippen LogP contribution < -0.4 is 10.2 Å². The van der Waals surface area contributed by atoms with Crippen LogP contribution in [0.25, 0.3) is 0 Å². The second-order valence-electron chi connectivity index (χ2n) is 6.11. The summed E-state index contributed by atoms with van der Waals surface area (Å²) in [7, 11) is 0. The van der Waals surface area contributed by atoms with Gasteiger partial charge in [0.2, 0.25) is 5.91 Å². The Morgan fingerprint density at radius 2 is 2.17 bits per heavy atom. The molecule has 1 aliphatic heterocycles. The molecule has 3 rings (SSSR count). The van der Waals surface area contributed by atoms with Crippen molar-refractivity contribution >= 4 is 29.2 Å². The molecule has 1 aromatic heterocycles. The normalized spacial score (nSPS) is 17.5. The Kier molecular flexibility index (Phi) is 5.69. The number of para-hydroxylation sites is 1. The fourth-order valence-corrected chi connectivity index (χ4v) is 3.50. The van der Waals surface area contributed by atoms with E-state index in [1.54, 1.807) is 6.33 Å². The highest BCUT2D eigenvalue weighted by Crippen LogP contribution is 2.24. The van der Waals surface area contributed by atoms with Gasteiger partial charge in [0.15, 0.2) is 0 Å². The minimum absolute atomic E-state index is 0.0297. The minimum Gasteiger partial charge on any atom is -0.356 e. The van der Waals surface area contributed by atoms with Crippen molar-refractivity contribution in [3.63, 3.8) is 0 Å². The standard InChI is InChI=1S/C18H22N4OS/c1-14-6-5-9-22(11-14)16-10-18(20-13-19-16)24-12-17(23)21-15-7-3-2-4-8-15/h2-4,7-8,10,13-14H,5-6,9,11-12H2,1H3,(H,21,23)/t14-/m0/s1. The number of piperidine rings is 1. The summed E-state index contributed by atoms with van der Waals surface area (Å²) in [6.45, 7) is 4.35. The van der Waals surface area contributed by atoms with Crippen LogP contribution in [-0.4, -0.2) is 34.7 Å². The first-order valence-electron chi connectivity index (χ1n) is 8.25. The second-order valence-corrected chi connectivity index (χ2v) is 7.11. The van der Waals surface area contributed by atoms with E-state index in [9.17, 15) is 4.79 Å². The lowest BCUT2D eigenvalue weighted by molar-refractivity contribution is -0.113. The molecular formula is C18H22N4OS. The Morgan fingerprint density at radius 3 is 2.96 bits per heavy atom. The molecule has 0 unspecified atom stereocenters. The van der Waals surface area contributed by atoms with Crippen molar-refractivity contribution in [2.75, 3.05) is 29.1 Å². The molecule has 1 atom stereocenters. The number of hydrogen-bond acceptors (Lipinski definition) is 5. The molecule has 6 heteroatoms. The molecule has 0 bridgehead atoms. The molecule has 0 aliphatic carbocycles. The predicted molar refractivity (Wildman–Crippen MR) is 98.4 cm³/mol. The van der Waals surface area contributed by atoms with Crippen molar-refractivity contribution < 1.29 is 4.79 Å². The van der Waals surface area contributed by atoms with Crippen LogP contribution in [0.3, 0.4) is 0 Å². The zero-order chi connectivity index (χ0) is 16.8. The van der Waals surface area contributed by atoms with Crippen LogP contribution in [0.2, 0.25) is 0 Å². The number of amides is 1. The molecule has 2 heterocycles. The summed E-state index contributed by atoms with van der Waals surface area (Å²) in [5.74, 6) is 1.96. The fourth-order valence-electron chi connectivity index (χ4n) is 2.84. The Morgan fingerprint density at radius 1 is 1.33 bits per heavy atom. The molecule has 126 valence electrons. The third-order valence-corrected chi connectivity index (χ3v) is 4.94. The van der Waals surface area contributed by atoms with E-state index in [1.165, 1.54) is 24.6 Å². The third kappa shape index (κ3) is 4.71. The summed E-state index contributed by atoms with van der Waals surface area (Å²) in [6, 6.07) is 11.5. The molecule has 0 radical (unpaired) electrons. The van der Waals surface area contributed by atoms with Crippen molar-refractivity contribution in [1.82, 2.24) is 9.97 Å². The van der Waals surface area contributed by atoms with Crippen LogP contribution in [0.1, 0.15) is 19.8 Å². The summed E-state index contributed by atoms with van der Waals surface area (Å²) >= 11 is 1.44. The summed E-state index contributed by atoms with van der Waals surface area (Å²) < 4.78 is 0. The Labute approximate surface area is 146 Å². The van der Waals surface area contributed by atoms with Gasteiger partial charge in [-0.3, -0.25) is 4.79 Å². The molecule has 0 saturated carbocycles. The van der Waals surface area contributed by atoms with Gasteiger partial charge < -0.3 is 10.2 Å². The molecule has 1 aliphatic rings. The zero-order valence-corrected chi connectivity index (χ0v) is 14.6. The summed E-state index contributed by atoms with van der Waals surface area (Å²) in [4.78, 5) is 23.0. The number of carbonyl (C=O) groups excluding carboxylic acids is 1. The van der Waals surface area contributed by atoms with E-state index < -0.39 is 0 Å². The van der Waals surface area contributed by atoms with Gasteiger partial charge in [-0.2, -0.15) is 0 Å². The van der Waals surface area contributed by atoms with Crippen molar-refractivity contribution in [2.24, 2.45) is 5.92 Å². The van der Waals surface area contributed by atoms with Gasteiger partial charge in [-0.1, -0.05) is 36.9 Å². The maximum Gasteiger partial charge on any atom is 0.234 e. The molecule has 0 spiro atoms. The van der Waals surface area contributed by atoms with Crippen LogP contribution >= 0.6 is 11.8 Å². The van der Waals surface area contributed by atoms with E-state index in [4.69, 9.17) is 0 Å². The van der Waals surface area contributed by atoms with Crippen LogP contribution in [-0.2, 0) is 4.79 Å². The Bertz CT molecular complexity index is 680. The maximum absolute atomic E-state index is 12.0. The lowest BCUT2D eigenvalue weighted by atomic mass is 10.0. The van der Waals surface area contributed by atoms with E-state index in [2.05, 4.69) is 27.1 Å². The highest BCUT2D eigenvalue weighted by atomic mass is 32.2. The van der Waals surface area contributed by atoms with Gasteiger partial charge in [-0.25, -0.2) is 9.97 Å². The molecule has 1 N–H and O–H groups in total. The topological polar surface area (TPSA) is 58.1 Å². The minimum atomic E-state index is -0.0297. The van der Waals surface area contributed by atoms with Gasteiger partial charge in [0.25, 0.3) is 0 Å². The number of nitrogens with one attached hydrogen (secondary N) is 1. The molecule has 24 heavy (non-hydrogen) atoms. The molecule has 1 amide bonds. The van der Waals surface area contributed by atoms with Crippen molar-refractivity contribution in [3.8, 4) is 0 Å². The van der Waals surface area contributed by atoms with Gasteiger partial charge in [-0.05, 0) is 30.9 Å².